The number of aromatic nitrogens is 2. The van der Waals surface area contributed by atoms with Crippen LogP contribution in [0.5, 0.6) is 0 Å². The molecule has 2 rings (SSSR count). The third-order valence-corrected chi connectivity index (χ3v) is 1.88. The Morgan fingerprint density at radius 2 is 2.50 bits per heavy atom. The second kappa shape index (κ2) is 3.37. The van der Waals surface area contributed by atoms with Crippen LogP contribution >= 0.6 is 0 Å². The molecule has 0 fully saturated rings. The van der Waals surface area contributed by atoms with E-state index in [9.17, 15) is 4.79 Å². The minimum atomic E-state index is -1.03. The summed E-state index contributed by atoms with van der Waals surface area (Å²) in [4.78, 5) is 17.4. The molecule has 3 N–H and O–H groups in total. The summed E-state index contributed by atoms with van der Waals surface area (Å²) >= 11 is 0. The van der Waals surface area contributed by atoms with E-state index in [1.54, 1.807) is 6.20 Å². The number of aromatic amines is 1. The number of amides is 1. The first kappa shape index (κ1) is 8.55. The van der Waals surface area contributed by atoms with E-state index >= 15 is 0 Å². The Balaban J connectivity index is 2.22. The first-order chi connectivity index (χ1) is 6.75. The minimum absolute atomic E-state index is 0.270. The molecular formula is C9H9N3O2. The maximum Gasteiger partial charge on any atom is 0.404 e. The third kappa shape index (κ3) is 1.66. The maximum atomic E-state index is 10.2. The van der Waals surface area contributed by atoms with Gasteiger partial charge in [-0.2, -0.15) is 0 Å². The van der Waals surface area contributed by atoms with Crippen molar-refractivity contribution in [1.29, 1.82) is 0 Å². The van der Waals surface area contributed by atoms with Crippen LogP contribution < -0.4 is 5.32 Å². The van der Waals surface area contributed by atoms with Crippen LogP contribution in [0.4, 0.5) is 4.79 Å². The average molecular weight is 191 g/mol. The van der Waals surface area contributed by atoms with Crippen molar-refractivity contribution in [1.82, 2.24) is 15.3 Å². The lowest BCUT2D eigenvalue weighted by Gasteiger charge is -1.95. The van der Waals surface area contributed by atoms with E-state index in [1.165, 1.54) is 0 Å². The molecule has 0 aliphatic carbocycles. The van der Waals surface area contributed by atoms with Crippen LogP contribution in [0.3, 0.4) is 0 Å². The molecule has 5 nitrogen and oxygen atoms in total. The van der Waals surface area contributed by atoms with Crippen molar-refractivity contribution < 1.29 is 9.90 Å². The van der Waals surface area contributed by atoms with Crippen LogP contribution in [0.1, 0.15) is 5.69 Å². The molecule has 0 aromatic carbocycles. The first-order valence-corrected chi connectivity index (χ1v) is 4.15. The minimum Gasteiger partial charge on any atom is -0.465 e. The molecule has 5 heteroatoms. The predicted molar refractivity (Wildman–Crippen MR) is 51.0 cm³/mol. The average Bonchev–Trinajstić information content (AvgIpc) is 2.57. The number of fused-ring (bicyclic) bond motifs is 1. The van der Waals surface area contributed by atoms with Gasteiger partial charge in [-0.1, -0.05) is 0 Å². The SMILES string of the molecule is O=C(O)NCc1cc2cccnc2[nH]1. The third-order valence-electron chi connectivity index (χ3n) is 1.88. The van der Waals surface area contributed by atoms with Crippen LogP contribution in [0.2, 0.25) is 0 Å². The van der Waals surface area contributed by atoms with E-state index in [2.05, 4.69) is 15.3 Å². The lowest BCUT2D eigenvalue weighted by molar-refractivity contribution is 0.194. The Hall–Kier alpha value is -2.04. The number of pyridine rings is 1. The number of carbonyl (C=O) groups is 1. The van der Waals surface area contributed by atoms with Gasteiger partial charge in [-0.05, 0) is 18.2 Å². The number of rotatable bonds is 2. The van der Waals surface area contributed by atoms with E-state index in [0.717, 1.165) is 16.7 Å². The Labute approximate surface area is 79.8 Å². The highest BCUT2D eigenvalue weighted by molar-refractivity contribution is 5.76. The largest absolute Gasteiger partial charge is 0.465 e. The zero-order chi connectivity index (χ0) is 9.97. The maximum absolute atomic E-state index is 10.2. The standard InChI is InChI=1S/C9H9N3O2/c13-9(14)11-5-7-4-6-2-1-3-10-8(6)12-7/h1-4,11H,5H2,(H,10,12)(H,13,14). The van der Waals surface area contributed by atoms with E-state index in [0.29, 0.717) is 0 Å². The summed E-state index contributed by atoms with van der Waals surface area (Å²) in [6.07, 6.45) is 0.657. The molecule has 0 radical (unpaired) electrons. The quantitative estimate of drug-likeness (QED) is 0.670. The van der Waals surface area contributed by atoms with Gasteiger partial charge < -0.3 is 15.4 Å². The van der Waals surface area contributed by atoms with E-state index in [-0.39, 0.29) is 6.54 Å². The summed E-state index contributed by atoms with van der Waals surface area (Å²) < 4.78 is 0. The number of hydrogen-bond acceptors (Lipinski definition) is 2. The van der Waals surface area contributed by atoms with Gasteiger partial charge in [-0.3, -0.25) is 0 Å². The van der Waals surface area contributed by atoms with E-state index in [1.807, 2.05) is 18.2 Å². The Kier molecular flexibility index (Phi) is 2.06. The molecule has 2 aromatic heterocycles. The summed E-state index contributed by atoms with van der Waals surface area (Å²) in [7, 11) is 0. The zero-order valence-corrected chi connectivity index (χ0v) is 7.32. The molecule has 1 amide bonds. The van der Waals surface area contributed by atoms with Crippen molar-refractivity contribution in [2.75, 3.05) is 0 Å². The molecule has 0 bridgehead atoms. The van der Waals surface area contributed by atoms with Crippen LogP contribution in [-0.2, 0) is 6.54 Å². The predicted octanol–water partition coefficient (Wildman–Crippen LogP) is 1.33. The second-order valence-electron chi connectivity index (χ2n) is 2.89. The van der Waals surface area contributed by atoms with Gasteiger partial charge in [0.15, 0.2) is 0 Å². The summed E-state index contributed by atoms with van der Waals surface area (Å²) in [5, 5.41) is 11.7. The molecule has 0 unspecified atom stereocenters. The Morgan fingerprint density at radius 3 is 3.21 bits per heavy atom. The van der Waals surface area contributed by atoms with Crippen molar-refractivity contribution in [2.45, 2.75) is 6.54 Å². The van der Waals surface area contributed by atoms with Gasteiger partial charge in [-0.15, -0.1) is 0 Å². The van der Waals surface area contributed by atoms with Gasteiger partial charge in [0.2, 0.25) is 0 Å². The van der Waals surface area contributed by atoms with Crippen molar-refractivity contribution in [3.8, 4) is 0 Å². The molecule has 0 spiro atoms. The number of carboxylic acid groups (broad SMARTS) is 1. The molecule has 0 atom stereocenters. The van der Waals surface area contributed by atoms with E-state index < -0.39 is 6.09 Å². The highest BCUT2D eigenvalue weighted by Gasteiger charge is 2.01. The Bertz CT molecular complexity index is 431. The van der Waals surface area contributed by atoms with Crippen LogP contribution in [-0.4, -0.2) is 21.2 Å². The number of nitrogens with one attached hydrogen (secondary N) is 2. The fraction of sp³-hybridized carbons (Fsp3) is 0.111. The summed E-state index contributed by atoms with van der Waals surface area (Å²) in [6, 6.07) is 5.63. The molecule has 14 heavy (non-hydrogen) atoms. The van der Waals surface area contributed by atoms with E-state index in [4.69, 9.17) is 5.11 Å². The van der Waals surface area contributed by atoms with Crippen molar-refractivity contribution >= 4 is 17.1 Å². The Morgan fingerprint density at radius 1 is 1.64 bits per heavy atom. The molecular weight excluding hydrogens is 182 g/mol. The summed E-state index contributed by atoms with van der Waals surface area (Å²) in [6.45, 7) is 0.270. The smallest absolute Gasteiger partial charge is 0.404 e. The normalized spacial score (nSPS) is 10.3. The highest BCUT2D eigenvalue weighted by Crippen LogP contribution is 2.11. The topological polar surface area (TPSA) is 78.0 Å². The highest BCUT2D eigenvalue weighted by atomic mass is 16.4. The van der Waals surface area contributed by atoms with Gasteiger partial charge in [0.25, 0.3) is 0 Å². The van der Waals surface area contributed by atoms with Gasteiger partial charge in [0.1, 0.15) is 5.65 Å². The molecule has 0 aliphatic rings. The van der Waals surface area contributed by atoms with Crippen LogP contribution in [0.15, 0.2) is 24.4 Å². The van der Waals surface area contributed by atoms with Gasteiger partial charge >= 0.3 is 6.09 Å². The van der Waals surface area contributed by atoms with Crippen LogP contribution in [0.25, 0.3) is 11.0 Å². The molecule has 0 saturated carbocycles. The molecule has 72 valence electrons. The van der Waals surface area contributed by atoms with Crippen molar-refractivity contribution in [2.24, 2.45) is 0 Å². The lowest BCUT2D eigenvalue weighted by Crippen LogP contribution is -2.19. The molecule has 2 heterocycles. The van der Waals surface area contributed by atoms with Crippen LogP contribution in [0, 0.1) is 0 Å². The molecule has 2 aromatic rings. The lowest BCUT2D eigenvalue weighted by atomic mass is 10.3. The second-order valence-corrected chi connectivity index (χ2v) is 2.89. The fourth-order valence-corrected chi connectivity index (χ4v) is 1.28. The number of nitrogens with zero attached hydrogens (tertiary/aromatic N) is 1. The number of H-pyrrole nitrogens is 1. The zero-order valence-electron chi connectivity index (χ0n) is 7.32. The molecule has 0 aliphatic heterocycles. The fourth-order valence-electron chi connectivity index (χ4n) is 1.28. The van der Waals surface area contributed by atoms with Gasteiger partial charge in [0, 0.05) is 17.3 Å². The van der Waals surface area contributed by atoms with Crippen molar-refractivity contribution in [3.63, 3.8) is 0 Å². The first-order valence-electron chi connectivity index (χ1n) is 4.15. The summed E-state index contributed by atoms with van der Waals surface area (Å²) in [5.41, 5.74) is 1.58. The van der Waals surface area contributed by atoms with Gasteiger partial charge in [0.05, 0.1) is 6.54 Å². The summed E-state index contributed by atoms with van der Waals surface area (Å²) in [5.74, 6) is 0. The van der Waals surface area contributed by atoms with Gasteiger partial charge in [-0.25, -0.2) is 9.78 Å². The molecule has 0 saturated heterocycles. The van der Waals surface area contributed by atoms with Crippen molar-refractivity contribution in [3.05, 3.63) is 30.1 Å². The monoisotopic (exact) mass is 191 g/mol. The number of hydrogen-bond donors (Lipinski definition) is 3.